The summed E-state index contributed by atoms with van der Waals surface area (Å²) in [6.07, 6.45) is 46.3. The van der Waals surface area contributed by atoms with Crippen LogP contribution in [0.1, 0.15) is 226 Å². The summed E-state index contributed by atoms with van der Waals surface area (Å²) in [5.74, 6) is -0.496. The van der Waals surface area contributed by atoms with Crippen LogP contribution >= 0.6 is 0 Å². The van der Waals surface area contributed by atoms with E-state index >= 15 is 0 Å². The van der Waals surface area contributed by atoms with E-state index in [1.54, 1.807) is 0 Å². The van der Waals surface area contributed by atoms with Gasteiger partial charge in [-0.25, -0.2) is 0 Å². The van der Waals surface area contributed by atoms with Gasteiger partial charge in [-0.05, 0) is 44.9 Å². The Bertz CT molecular complexity index is 884. The topological polar surface area (TPSA) is 95.9 Å². The number of unbranched alkanes of at least 4 members (excludes halogenated alkanes) is 24. The second-order valence-corrected chi connectivity index (χ2v) is 15.5. The highest BCUT2D eigenvalue weighted by Crippen LogP contribution is 2.18. The number of carbonyl (C=O) groups excluding carboxylic acids is 2. The zero-order chi connectivity index (χ0) is 38.9. The summed E-state index contributed by atoms with van der Waals surface area (Å²) in [6.45, 7) is 6.32. The van der Waals surface area contributed by atoms with E-state index in [0.29, 0.717) is 19.3 Å². The molecule has 0 spiro atoms. The Balaban J connectivity index is 4.55. The number of aliphatic hydroxyl groups is 2. The molecule has 0 aromatic heterocycles. The smallest absolute Gasteiger partial charge is 0.306 e. The first-order chi connectivity index (χ1) is 26.0. The quantitative estimate of drug-likeness (QED) is 0.0330. The highest BCUT2D eigenvalue weighted by atomic mass is 16.5. The fraction of sp³-hybridized carbons (Fsp3) is 0.830. The van der Waals surface area contributed by atoms with E-state index in [0.717, 1.165) is 77.0 Å². The van der Waals surface area contributed by atoms with E-state index in [9.17, 15) is 19.8 Å². The molecule has 0 aliphatic heterocycles. The molecule has 0 bridgehead atoms. The second-order valence-electron chi connectivity index (χ2n) is 15.5. The van der Waals surface area contributed by atoms with Gasteiger partial charge in [0.2, 0.25) is 5.91 Å². The van der Waals surface area contributed by atoms with Gasteiger partial charge in [0.15, 0.2) is 0 Å². The van der Waals surface area contributed by atoms with Crippen molar-refractivity contribution in [2.75, 3.05) is 6.61 Å². The minimum absolute atomic E-state index is 0.0716. The maximum Gasteiger partial charge on any atom is 0.306 e. The zero-order valence-corrected chi connectivity index (χ0v) is 35.1. The predicted octanol–water partition coefficient (Wildman–Crippen LogP) is 12.9. The summed E-state index contributed by atoms with van der Waals surface area (Å²) >= 11 is 0. The lowest BCUT2D eigenvalue weighted by molar-refractivity contribution is -0.151. The van der Waals surface area contributed by atoms with Crippen molar-refractivity contribution in [2.45, 2.75) is 244 Å². The minimum Gasteiger partial charge on any atom is -0.462 e. The van der Waals surface area contributed by atoms with Gasteiger partial charge < -0.3 is 20.3 Å². The molecule has 0 aliphatic carbocycles. The van der Waals surface area contributed by atoms with Crippen LogP contribution in [-0.4, -0.2) is 46.9 Å². The first kappa shape index (κ1) is 51.1. The van der Waals surface area contributed by atoms with E-state index in [1.807, 2.05) is 0 Å². The molecule has 0 saturated carbocycles. The van der Waals surface area contributed by atoms with Crippen molar-refractivity contribution in [1.82, 2.24) is 5.32 Å². The molecular formula is C47H87NO5. The van der Waals surface area contributed by atoms with E-state index in [-0.39, 0.29) is 24.9 Å². The molecule has 0 fully saturated rings. The van der Waals surface area contributed by atoms with Crippen molar-refractivity contribution >= 4 is 11.9 Å². The normalized spacial score (nSPS) is 13.7. The predicted molar refractivity (Wildman–Crippen MR) is 227 cm³/mol. The van der Waals surface area contributed by atoms with Crippen LogP contribution < -0.4 is 5.32 Å². The molecule has 0 heterocycles. The number of ether oxygens (including phenoxy) is 1. The molecule has 0 rings (SSSR count). The van der Waals surface area contributed by atoms with Crippen LogP contribution in [0.5, 0.6) is 0 Å². The first-order valence-corrected chi connectivity index (χ1v) is 22.7. The lowest BCUT2D eigenvalue weighted by Gasteiger charge is -2.24. The Hall–Kier alpha value is -1.92. The number of rotatable bonds is 40. The van der Waals surface area contributed by atoms with E-state index in [4.69, 9.17) is 4.74 Å². The molecule has 3 atom stereocenters. The highest BCUT2D eigenvalue weighted by Gasteiger charge is 2.24. The van der Waals surface area contributed by atoms with Crippen LogP contribution in [0.4, 0.5) is 0 Å². The lowest BCUT2D eigenvalue weighted by atomic mass is 10.0. The standard InChI is InChI=1S/C47H87NO5/c1-4-7-10-13-16-19-21-23-25-28-31-34-37-40-47(52)53-43(38-35-32-29-26-18-15-12-9-6-3)41-46(51)48-44(42-49)45(50)39-36-33-30-27-24-22-20-17-14-11-8-5-2/h7,10,13,16,19,21,43-45,49-50H,4-6,8-9,11-12,14-15,17-18,20,22-42H2,1-3H3,(H,48,51)/b10-7+,16-13+,21-19-. The number of carbonyl (C=O) groups is 2. The Morgan fingerprint density at radius 1 is 0.566 bits per heavy atom. The SMILES string of the molecule is CC/C=C/C=C/C=C\CCCCCCCC(=O)OC(CCCCCCCCCCC)CC(=O)NC(CO)C(O)CCCCCCCCCCCCCC. The molecule has 3 N–H and O–H groups in total. The molecule has 1 amide bonds. The number of esters is 1. The summed E-state index contributed by atoms with van der Waals surface area (Å²) in [5.41, 5.74) is 0. The summed E-state index contributed by atoms with van der Waals surface area (Å²) in [5, 5.41) is 23.6. The van der Waals surface area contributed by atoms with Gasteiger partial charge in [-0.2, -0.15) is 0 Å². The van der Waals surface area contributed by atoms with Crippen molar-refractivity contribution in [2.24, 2.45) is 0 Å². The molecule has 0 aliphatic rings. The molecule has 310 valence electrons. The Kier molecular flexibility index (Phi) is 39.8. The maximum atomic E-state index is 13.1. The number of hydrogen-bond acceptors (Lipinski definition) is 5. The monoisotopic (exact) mass is 746 g/mol. The van der Waals surface area contributed by atoms with Gasteiger partial charge in [0.25, 0.3) is 0 Å². The molecule has 0 radical (unpaired) electrons. The number of nitrogens with one attached hydrogen (secondary N) is 1. The minimum atomic E-state index is -0.786. The van der Waals surface area contributed by atoms with Crippen molar-refractivity contribution in [3.05, 3.63) is 36.5 Å². The zero-order valence-electron chi connectivity index (χ0n) is 35.1. The van der Waals surface area contributed by atoms with Crippen LogP contribution in [0.15, 0.2) is 36.5 Å². The van der Waals surface area contributed by atoms with Crippen molar-refractivity contribution in [1.29, 1.82) is 0 Å². The van der Waals surface area contributed by atoms with Crippen LogP contribution in [0.2, 0.25) is 0 Å². The average Bonchev–Trinajstić information content (AvgIpc) is 3.15. The van der Waals surface area contributed by atoms with E-state index in [2.05, 4.69) is 62.5 Å². The molecule has 0 saturated heterocycles. The van der Waals surface area contributed by atoms with Crippen molar-refractivity contribution in [3.63, 3.8) is 0 Å². The fourth-order valence-corrected chi connectivity index (χ4v) is 6.84. The van der Waals surface area contributed by atoms with Crippen LogP contribution in [0, 0.1) is 0 Å². The molecule has 0 aromatic carbocycles. The van der Waals surface area contributed by atoms with E-state index in [1.165, 1.54) is 103 Å². The summed E-state index contributed by atoms with van der Waals surface area (Å²) in [6, 6.07) is -0.700. The number of hydrogen-bond donors (Lipinski definition) is 3. The third kappa shape index (κ3) is 36.8. The summed E-state index contributed by atoms with van der Waals surface area (Å²) in [7, 11) is 0. The number of allylic oxidation sites excluding steroid dienone is 6. The number of aliphatic hydroxyl groups excluding tert-OH is 2. The lowest BCUT2D eigenvalue weighted by Crippen LogP contribution is -2.46. The van der Waals surface area contributed by atoms with Gasteiger partial charge in [0.05, 0.1) is 25.2 Å². The molecule has 6 nitrogen and oxygen atoms in total. The van der Waals surface area contributed by atoms with Gasteiger partial charge in [-0.15, -0.1) is 0 Å². The second kappa shape index (κ2) is 41.2. The van der Waals surface area contributed by atoms with Crippen molar-refractivity contribution < 1.29 is 24.5 Å². The molecule has 53 heavy (non-hydrogen) atoms. The Morgan fingerprint density at radius 2 is 1.02 bits per heavy atom. The van der Waals surface area contributed by atoms with Gasteiger partial charge in [-0.1, -0.05) is 205 Å². The molecule has 0 aromatic rings. The summed E-state index contributed by atoms with van der Waals surface area (Å²) < 4.78 is 5.88. The Labute approximate surface area is 328 Å². The first-order valence-electron chi connectivity index (χ1n) is 22.7. The number of amides is 1. The third-order valence-corrected chi connectivity index (χ3v) is 10.3. The largest absolute Gasteiger partial charge is 0.462 e. The molecule has 6 heteroatoms. The van der Waals surface area contributed by atoms with Gasteiger partial charge >= 0.3 is 5.97 Å². The third-order valence-electron chi connectivity index (χ3n) is 10.3. The fourth-order valence-electron chi connectivity index (χ4n) is 6.84. The maximum absolute atomic E-state index is 13.1. The van der Waals surface area contributed by atoms with E-state index < -0.39 is 18.2 Å². The van der Waals surface area contributed by atoms with Crippen molar-refractivity contribution in [3.8, 4) is 0 Å². The average molecular weight is 746 g/mol. The van der Waals surface area contributed by atoms with Gasteiger partial charge in [0.1, 0.15) is 6.10 Å². The highest BCUT2D eigenvalue weighted by molar-refractivity contribution is 5.77. The van der Waals surface area contributed by atoms with Crippen LogP contribution in [0.25, 0.3) is 0 Å². The summed E-state index contributed by atoms with van der Waals surface area (Å²) in [4.78, 5) is 25.9. The molecule has 3 unspecified atom stereocenters. The molecular weight excluding hydrogens is 659 g/mol. The van der Waals surface area contributed by atoms with Gasteiger partial charge in [0, 0.05) is 6.42 Å². The van der Waals surface area contributed by atoms with Gasteiger partial charge in [-0.3, -0.25) is 9.59 Å². The van der Waals surface area contributed by atoms with Crippen LogP contribution in [0.3, 0.4) is 0 Å². The van der Waals surface area contributed by atoms with Crippen LogP contribution in [-0.2, 0) is 14.3 Å². The Morgan fingerprint density at radius 3 is 1.53 bits per heavy atom.